The van der Waals surface area contributed by atoms with Gasteiger partial charge in [-0.25, -0.2) is 0 Å². The molecule has 5 nitrogen and oxygen atoms in total. The van der Waals surface area contributed by atoms with E-state index in [4.69, 9.17) is 0 Å². The SMILES string of the molecule is CN1CCN(C/C=C/c2ccccc2[N+](=O)[O-])CC1. The van der Waals surface area contributed by atoms with Gasteiger partial charge < -0.3 is 4.90 Å². The van der Waals surface area contributed by atoms with Crippen molar-refractivity contribution in [2.24, 2.45) is 0 Å². The first-order valence-electron chi connectivity index (χ1n) is 6.47. The minimum Gasteiger partial charge on any atom is -0.304 e. The van der Waals surface area contributed by atoms with Crippen molar-refractivity contribution in [3.63, 3.8) is 0 Å². The van der Waals surface area contributed by atoms with E-state index in [0.29, 0.717) is 5.56 Å². The fourth-order valence-electron chi connectivity index (χ4n) is 2.15. The van der Waals surface area contributed by atoms with Crippen molar-refractivity contribution < 1.29 is 4.92 Å². The van der Waals surface area contributed by atoms with Crippen molar-refractivity contribution in [2.75, 3.05) is 39.8 Å². The Morgan fingerprint density at radius 3 is 2.63 bits per heavy atom. The van der Waals surface area contributed by atoms with Crippen LogP contribution in [0.25, 0.3) is 6.08 Å². The predicted octanol–water partition coefficient (Wildman–Crippen LogP) is 1.86. The van der Waals surface area contributed by atoms with Crippen LogP contribution in [0.2, 0.25) is 0 Å². The third-order valence-electron chi connectivity index (χ3n) is 3.39. The van der Waals surface area contributed by atoms with Crippen LogP contribution >= 0.6 is 0 Å². The lowest BCUT2D eigenvalue weighted by atomic mass is 10.1. The highest BCUT2D eigenvalue weighted by Crippen LogP contribution is 2.18. The lowest BCUT2D eigenvalue weighted by molar-refractivity contribution is -0.385. The summed E-state index contributed by atoms with van der Waals surface area (Å²) in [4.78, 5) is 15.2. The van der Waals surface area contributed by atoms with Gasteiger partial charge in [-0.15, -0.1) is 0 Å². The van der Waals surface area contributed by atoms with Crippen molar-refractivity contribution in [2.45, 2.75) is 0 Å². The molecule has 0 atom stereocenters. The second-order valence-corrected chi connectivity index (χ2v) is 4.82. The zero-order valence-electron chi connectivity index (χ0n) is 11.2. The molecule has 5 heteroatoms. The second kappa shape index (κ2) is 6.45. The molecule has 102 valence electrons. The lowest BCUT2D eigenvalue weighted by Crippen LogP contribution is -2.44. The highest BCUT2D eigenvalue weighted by molar-refractivity contribution is 5.60. The van der Waals surface area contributed by atoms with Crippen molar-refractivity contribution in [1.29, 1.82) is 0 Å². The van der Waals surface area contributed by atoms with Gasteiger partial charge in [0.15, 0.2) is 0 Å². The van der Waals surface area contributed by atoms with Crippen molar-refractivity contribution in [1.82, 2.24) is 9.80 Å². The zero-order chi connectivity index (χ0) is 13.7. The zero-order valence-corrected chi connectivity index (χ0v) is 11.2. The molecule has 1 heterocycles. The molecule has 1 aromatic carbocycles. The van der Waals surface area contributed by atoms with Crippen LogP contribution in [0.3, 0.4) is 0 Å². The molecule has 0 radical (unpaired) electrons. The molecule has 1 aliphatic rings. The van der Waals surface area contributed by atoms with Crippen LogP contribution in [-0.4, -0.2) is 54.5 Å². The summed E-state index contributed by atoms with van der Waals surface area (Å²) in [5.74, 6) is 0. The number of hydrogen-bond acceptors (Lipinski definition) is 4. The molecule has 1 fully saturated rings. The first-order valence-corrected chi connectivity index (χ1v) is 6.47. The molecule has 0 aromatic heterocycles. The van der Waals surface area contributed by atoms with Gasteiger partial charge in [0.2, 0.25) is 0 Å². The summed E-state index contributed by atoms with van der Waals surface area (Å²) >= 11 is 0. The molecule has 0 N–H and O–H groups in total. The first kappa shape index (κ1) is 13.7. The topological polar surface area (TPSA) is 49.6 Å². The number of piperazine rings is 1. The lowest BCUT2D eigenvalue weighted by Gasteiger charge is -2.31. The Bertz CT molecular complexity index is 466. The Labute approximate surface area is 113 Å². The number of likely N-dealkylation sites (N-methyl/N-ethyl adjacent to an activating group) is 1. The Morgan fingerprint density at radius 2 is 1.95 bits per heavy atom. The van der Waals surface area contributed by atoms with Crippen molar-refractivity contribution in [3.05, 3.63) is 46.0 Å². The molecule has 0 spiro atoms. The second-order valence-electron chi connectivity index (χ2n) is 4.82. The van der Waals surface area contributed by atoms with E-state index in [-0.39, 0.29) is 10.6 Å². The average Bonchev–Trinajstić information content (AvgIpc) is 2.41. The van der Waals surface area contributed by atoms with Crippen LogP contribution in [-0.2, 0) is 0 Å². The highest BCUT2D eigenvalue weighted by Gasteiger charge is 2.12. The normalized spacial score (nSPS) is 17.9. The predicted molar refractivity (Wildman–Crippen MR) is 76.1 cm³/mol. The molecule has 2 rings (SSSR count). The van der Waals surface area contributed by atoms with E-state index in [0.717, 1.165) is 32.7 Å². The van der Waals surface area contributed by atoms with Crippen LogP contribution in [0, 0.1) is 10.1 Å². The smallest absolute Gasteiger partial charge is 0.276 e. The quantitative estimate of drug-likeness (QED) is 0.613. The molecule has 0 unspecified atom stereocenters. The third kappa shape index (κ3) is 3.87. The van der Waals surface area contributed by atoms with Gasteiger partial charge in [-0.2, -0.15) is 0 Å². The van der Waals surface area contributed by atoms with Gasteiger partial charge in [0.1, 0.15) is 0 Å². The average molecular weight is 261 g/mol. The maximum Gasteiger partial charge on any atom is 0.276 e. The van der Waals surface area contributed by atoms with E-state index in [1.54, 1.807) is 12.1 Å². The number of nitro benzene ring substituents is 1. The van der Waals surface area contributed by atoms with E-state index < -0.39 is 0 Å². The van der Waals surface area contributed by atoms with E-state index in [1.807, 2.05) is 18.2 Å². The standard InChI is InChI=1S/C14H19N3O2/c1-15-9-11-16(12-10-15)8-4-6-13-5-2-3-7-14(13)17(18)19/h2-7H,8-12H2,1H3/b6-4+. The molecule has 0 bridgehead atoms. The fourth-order valence-corrected chi connectivity index (χ4v) is 2.15. The van der Waals surface area contributed by atoms with Crippen molar-refractivity contribution >= 4 is 11.8 Å². The third-order valence-corrected chi connectivity index (χ3v) is 3.39. The molecule has 1 aromatic rings. The van der Waals surface area contributed by atoms with Gasteiger partial charge >= 0.3 is 0 Å². The molecule has 0 amide bonds. The molecule has 0 saturated carbocycles. The number of nitrogens with zero attached hydrogens (tertiary/aromatic N) is 3. The van der Waals surface area contributed by atoms with Crippen LogP contribution in [0.1, 0.15) is 5.56 Å². The van der Waals surface area contributed by atoms with E-state index in [9.17, 15) is 10.1 Å². The van der Waals surface area contributed by atoms with Gasteiger partial charge in [0.05, 0.1) is 10.5 Å². The Morgan fingerprint density at radius 1 is 1.26 bits per heavy atom. The van der Waals surface area contributed by atoms with E-state index in [2.05, 4.69) is 16.8 Å². The molecule has 1 aliphatic heterocycles. The Hall–Kier alpha value is -1.72. The summed E-state index contributed by atoms with van der Waals surface area (Å²) in [5.41, 5.74) is 0.832. The number of nitro groups is 1. The number of benzene rings is 1. The van der Waals surface area contributed by atoms with Gasteiger partial charge in [-0.05, 0) is 13.1 Å². The van der Waals surface area contributed by atoms with Gasteiger partial charge in [-0.1, -0.05) is 24.3 Å². The number of hydrogen-bond donors (Lipinski definition) is 0. The highest BCUT2D eigenvalue weighted by atomic mass is 16.6. The molecule has 19 heavy (non-hydrogen) atoms. The maximum atomic E-state index is 10.9. The fraction of sp³-hybridized carbons (Fsp3) is 0.429. The van der Waals surface area contributed by atoms with Gasteiger partial charge in [-0.3, -0.25) is 15.0 Å². The summed E-state index contributed by atoms with van der Waals surface area (Å²) in [6, 6.07) is 6.83. The van der Waals surface area contributed by atoms with Gasteiger partial charge in [0.25, 0.3) is 5.69 Å². The molecule has 0 aliphatic carbocycles. The first-order chi connectivity index (χ1) is 9.16. The monoisotopic (exact) mass is 261 g/mol. The molecule has 1 saturated heterocycles. The minimum absolute atomic E-state index is 0.164. The van der Waals surface area contributed by atoms with Crippen LogP contribution in [0.5, 0.6) is 0 Å². The van der Waals surface area contributed by atoms with E-state index >= 15 is 0 Å². The van der Waals surface area contributed by atoms with Gasteiger partial charge in [0, 0.05) is 38.8 Å². The van der Waals surface area contributed by atoms with Crippen LogP contribution in [0.15, 0.2) is 30.3 Å². The summed E-state index contributed by atoms with van der Waals surface area (Å²) in [6.45, 7) is 5.12. The number of rotatable bonds is 4. The Balaban J connectivity index is 1.94. The largest absolute Gasteiger partial charge is 0.304 e. The summed E-state index contributed by atoms with van der Waals surface area (Å²) in [5, 5.41) is 10.9. The van der Waals surface area contributed by atoms with Crippen molar-refractivity contribution in [3.8, 4) is 0 Å². The summed E-state index contributed by atoms with van der Waals surface area (Å²) in [6.07, 6.45) is 3.85. The molecular weight excluding hydrogens is 242 g/mol. The maximum absolute atomic E-state index is 10.9. The van der Waals surface area contributed by atoms with Crippen LogP contribution in [0.4, 0.5) is 5.69 Å². The number of para-hydroxylation sites is 1. The van der Waals surface area contributed by atoms with E-state index in [1.165, 1.54) is 6.07 Å². The Kier molecular flexibility index (Phi) is 4.65. The summed E-state index contributed by atoms with van der Waals surface area (Å²) in [7, 11) is 2.13. The van der Waals surface area contributed by atoms with Crippen LogP contribution < -0.4 is 0 Å². The molecular formula is C14H19N3O2. The minimum atomic E-state index is -0.338. The summed E-state index contributed by atoms with van der Waals surface area (Å²) < 4.78 is 0.